The first-order valence-electron chi connectivity index (χ1n) is 7.66. The first-order chi connectivity index (χ1) is 10.5. The quantitative estimate of drug-likeness (QED) is 0.810. The molecule has 1 N–H and O–H groups in total. The second-order valence-corrected chi connectivity index (χ2v) is 7.13. The van der Waals surface area contributed by atoms with Gasteiger partial charge in [-0.25, -0.2) is 0 Å². The van der Waals surface area contributed by atoms with Gasteiger partial charge in [0.25, 0.3) is 0 Å². The number of hydrogen-bond acceptors (Lipinski definition) is 1. The van der Waals surface area contributed by atoms with E-state index < -0.39 is 0 Å². The van der Waals surface area contributed by atoms with Gasteiger partial charge in [0.15, 0.2) is 0 Å². The summed E-state index contributed by atoms with van der Waals surface area (Å²) < 4.78 is 1.04. The van der Waals surface area contributed by atoms with Crippen molar-refractivity contribution in [3.63, 3.8) is 0 Å². The highest BCUT2D eigenvalue weighted by Crippen LogP contribution is 2.45. The second kappa shape index (κ2) is 5.88. The summed E-state index contributed by atoms with van der Waals surface area (Å²) >= 11 is 3.46. The third-order valence-corrected chi connectivity index (χ3v) is 5.21. The Labute approximate surface area is 140 Å². The van der Waals surface area contributed by atoms with E-state index in [2.05, 4.69) is 45.5 Å². The van der Waals surface area contributed by atoms with Crippen molar-refractivity contribution in [3.05, 3.63) is 63.6 Å². The van der Waals surface area contributed by atoms with Crippen LogP contribution in [0.4, 0.5) is 5.69 Å². The molecule has 1 saturated carbocycles. The van der Waals surface area contributed by atoms with Crippen LogP contribution in [-0.4, -0.2) is 5.91 Å². The van der Waals surface area contributed by atoms with Crippen LogP contribution >= 0.6 is 15.9 Å². The molecule has 0 radical (unpaired) electrons. The van der Waals surface area contributed by atoms with E-state index in [1.165, 1.54) is 0 Å². The topological polar surface area (TPSA) is 29.1 Å². The zero-order chi connectivity index (χ0) is 15.7. The normalized spacial score (nSPS) is 16.0. The molecule has 0 heterocycles. The van der Waals surface area contributed by atoms with Crippen LogP contribution in [0.2, 0.25) is 0 Å². The smallest absolute Gasteiger partial charge is 0.235 e. The van der Waals surface area contributed by atoms with Crippen LogP contribution < -0.4 is 5.32 Å². The number of amides is 1. The lowest BCUT2D eigenvalue weighted by molar-refractivity contribution is -0.124. The number of benzene rings is 2. The molecule has 114 valence electrons. The average molecular weight is 358 g/mol. The summed E-state index contributed by atoms with van der Waals surface area (Å²) in [6.45, 7) is 4.07. The summed E-state index contributed by atoms with van der Waals surface area (Å²) in [6, 6.07) is 14.3. The predicted octanol–water partition coefficient (Wildman–Crippen LogP) is 5.13. The SMILES string of the molecule is Cc1ccc(C)c(NC(=O)C2(c3ccc(Br)cc3)CCC2)c1. The first kappa shape index (κ1) is 15.3. The van der Waals surface area contributed by atoms with Gasteiger partial charge in [0.05, 0.1) is 5.41 Å². The molecule has 3 heteroatoms. The minimum absolute atomic E-state index is 0.120. The second-order valence-electron chi connectivity index (χ2n) is 6.22. The molecule has 2 aromatic carbocycles. The monoisotopic (exact) mass is 357 g/mol. The van der Waals surface area contributed by atoms with Crippen LogP contribution in [0.15, 0.2) is 46.9 Å². The lowest BCUT2D eigenvalue weighted by atomic mass is 9.64. The van der Waals surface area contributed by atoms with Gasteiger partial charge in [0.2, 0.25) is 5.91 Å². The molecule has 0 bridgehead atoms. The molecule has 22 heavy (non-hydrogen) atoms. The van der Waals surface area contributed by atoms with Crippen molar-refractivity contribution in [2.45, 2.75) is 38.5 Å². The van der Waals surface area contributed by atoms with Crippen LogP contribution in [0, 0.1) is 13.8 Å². The summed E-state index contributed by atoms with van der Waals surface area (Å²) in [5, 5.41) is 3.16. The van der Waals surface area contributed by atoms with Crippen LogP contribution in [0.5, 0.6) is 0 Å². The molecule has 0 unspecified atom stereocenters. The minimum atomic E-state index is -0.364. The van der Waals surface area contributed by atoms with Gasteiger partial charge < -0.3 is 5.32 Å². The summed E-state index contributed by atoms with van der Waals surface area (Å²) in [6.07, 6.45) is 2.95. The standard InChI is InChI=1S/C19H20BrNO/c1-13-4-5-14(2)17(12-13)21-18(22)19(10-3-11-19)15-6-8-16(20)9-7-15/h4-9,12H,3,10-11H2,1-2H3,(H,21,22). The number of carbonyl (C=O) groups is 1. The van der Waals surface area contributed by atoms with Crippen LogP contribution in [0.25, 0.3) is 0 Å². The Balaban J connectivity index is 1.89. The van der Waals surface area contributed by atoms with Gasteiger partial charge in [-0.3, -0.25) is 4.79 Å². The molecule has 0 spiro atoms. The number of halogens is 1. The van der Waals surface area contributed by atoms with Gasteiger partial charge >= 0.3 is 0 Å². The van der Waals surface area contributed by atoms with Crippen molar-refractivity contribution in [3.8, 4) is 0 Å². The maximum atomic E-state index is 12.9. The lowest BCUT2D eigenvalue weighted by Gasteiger charge is -2.41. The third-order valence-electron chi connectivity index (χ3n) is 4.68. The van der Waals surface area contributed by atoms with E-state index in [9.17, 15) is 4.79 Å². The highest BCUT2D eigenvalue weighted by molar-refractivity contribution is 9.10. The van der Waals surface area contributed by atoms with Crippen LogP contribution in [0.1, 0.15) is 36.0 Å². The molecule has 3 rings (SSSR count). The molecule has 0 aliphatic heterocycles. The summed E-state index contributed by atoms with van der Waals surface area (Å²) in [7, 11) is 0. The van der Waals surface area contributed by atoms with Crippen molar-refractivity contribution in [1.29, 1.82) is 0 Å². The van der Waals surface area contributed by atoms with E-state index in [1.807, 2.05) is 32.0 Å². The maximum absolute atomic E-state index is 12.9. The Morgan fingerprint density at radius 1 is 1.09 bits per heavy atom. The molecule has 1 aliphatic carbocycles. The van der Waals surface area contributed by atoms with Crippen molar-refractivity contribution in [2.75, 3.05) is 5.32 Å². The number of rotatable bonds is 3. The van der Waals surface area contributed by atoms with Gasteiger partial charge in [-0.2, -0.15) is 0 Å². The molecule has 1 amide bonds. The van der Waals surface area contributed by atoms with Gasteiger partial charge in [-0.15, -0.1) is 0 Å². The number of nitrogens with one attached hydrogen (secondary N) is 1. The van der Waals surface area contributed by atoms with Crippen LogP contribution in [-0.2, 0) is 10.2 Å². The number of aryl methyl sites for hydroxylation is 2. The zero-order valence-electron chi connectivity index (χ0n) is 12.9. The fourth-order valence-corrected chi connectivity index (χ4v) is 3.32. The largest absolute Gasteiger partial charge is 0.325 e. The van der Waals surface area contributed by atoms with Crippen molar-refractivity contribution in [1.82, 2.24) is 0 Å². The van der Waals surface area contributed by atoms with E-state index in [0.29, 0.717) is 0 Å². The lowest BCUT2D eigenvalue weighted by Crippen LogP contribution is -2.46. The summed E-state index contributed by atoms with van der Waals surface area (Å²) in [4.78, 5) is 12.9. The van der Waals surface area contributed by atoms with E-state index in [0.717, 1.165) is 46.1 Å². The molecule has 0 aromatic heterocycles. The van der Waals surface area contributed by atoms with Crippen molar-refractivity contribution >= 4 is 27.5 Å². The highest BCUT2D eigenvalue weighted by Gasteiger charge is 2.45. The molecular weight excluding hydrogens is 338 g/mol. The Morgan fingerprint density at radius 3 is 2.36 bits per heavy atom. The molecule has 1 aliphatic rings. The predicted molar refractivity (Wildman–Crippen MR) is 94.2 cm³/mol. The summed E-state index contributed by atoms with van der Waals surface area (Å²) in [5.74, 6) is 0.120. The summed E-state index contributed by atoms with van der Waals surface area (Å²) in [5.41, 5.74) is 3.94. The Morgan fingerprint density at radius 2 is 1.77 bits per heavy atom. The number of anilines is 1. The fraction of sp³-hybridized carbons (Fsp3) is 0.316. The average Bonchev–Trinajstić information content (AvgIpc) is 2.44. The van der Waals surface area contributed by atoms with Crippen molar-refractivity contribution < 1.29 is 4.79 Å². The van der Waals surface area contributed by atoms with E-state index in [4.69, 9.17) is 0 Å². The van der Waals surface area contributed by atoms with Gasteiger partial charge in [0, 0.05) is 10.2 Å². The molecule has 0 saturated heterocycles. The number of carbonyl (C=O) groups excluding carboxylic acids is 1. The Bertz CT molecular complexity index is 702. The van der Waals surface area contributed by atoms with Gasteiger partial charge in [-0.1, -0.05) is 46.6 Å². The number of hydrogen-bond donors (Lipinski definition) is 1. The molecule has 2 nitrogen and oxygen atoms in total. The minimum Gasteiger partial charge on any atom is -0.325 e. The van der Waals surface area contributed by atoms with Gasteiger partial charge in [-0.05, 0) is 61.6 Å². The maximum Gasteiger partial charge on any atom is 0.235 e. The third kappa shape index (κ3) is 2.70. The Hall–Kier alpha value is -1.61. The molecule has 2 aromatic rings. The highest BCUT2D eigenvalue weighted by atomic mass is 79.9. The van der Waals surface area contributed by atoms with E-state index >= 15 is 0 Å². The fourth-order valence-electron chi connectivity index (χ4n) is 3.06. The van der Waals surface area contributed by atoms with Gasteiger partial charge in [0.1, 0.15) is 0 Å². The molecule has 1 fully saturated rings. The molecule has 0 atom stereocenters. The van der Waals surface area contributed by atoms with Crippen molar-refractivity contribution in [2.24, 2.45) is 0 Å². The zero-order valence-corrected chi connectivity index (χ0v) is 14.5. The van der Waals surface area contributed by atoms with Crippen LogP contribution in [0.3, 0.4) is 0 Å². The first-order valence-corrected chi connectivity index (χ1v) is 8.45. The molecular formula is C19H20BrNO. The Kier molecular flexibility index (Phi) is 4.09. The van der Waals surface area contributed by atoms with E-state index in [1.54, 1.807) is 0 Å². The van der Waals surface area contributed by atoms with E-state index in [-0.39, 0.29) is 11.3 Å².